The van der Waals surface area contributed by atoms with Crippen LogP contribution in [0.15, 0.2) is 0 Å². The van der Waals surface area contributed by atoms with Gasteiger partial charge in [0.2, 0.25) is 5.91 Å². The zero-order valence-electron chi connectivity index (χ0n) is 12.8. The van der Waals surface area contributed by atoms with E-state index in [9.17, 15) is 13.2 Å². The Morgan fingerprint density at radius 2 is 1.95 bits per heavy atom. The predicted octanol–water partition coefficient (Wildman–Crippen LogP) is 1.06. The lowest BCUT2D eigenvalue weighted by molar-refractivity contribution is -0.131. The quantitative estimate of drug-likeness (QED) is 0.837. The number of rotatable bonds is 4. The molecule has 1 aliphatic rings. The van der Waals surface area contributed by atoms with E-state index >= 15 is 0 Å². The highest BCUT2D eigenvalue weighted by atomic mass is 35.5. The van der Waals surface area contributed by atoms with Crippen molar-refractivity contribution >= 4 is 28.2 Å². The number of hydrogen-bond acceptors (Lipinski definition) is 4. The third kappa shape index (κ3) is 5.58. The van der Waals surface area contributed by atoms with Gasteiger partial charge < -0.3 is 10.6 Å². The molecule has 1 aliphatic heterocycles. The van der Waals surface area contributed by atoms with Crippen LogP contribution in [0.3, 0.4) is 0 Å². The number of amides is 1. The first-order valence-electron chi connectivity index (χ1n) is 6.77. The fourth-order valence-electron chi connectivity index (χ4n) is 2.43. The van der Waals surface area contributed by atoms with Crippen LogP contribution in [0.5, 0.6) is 0 Å². The number of sulfone groups is 1. The smallest absolute Gasteiger partial charge is 0.237 e. The zero-order chi connectivity index (χ0) is 14.8. The van der Waals surface area contributed by atoms with Crippen LogP contribution in [0.4, 0.5) is 0 Å². The number of likely N-dealkylation sites (tertiary alicyclic amines) is 1. The molecular formula is C13H27ClN2O3S. The van der Waals surface area contributed by atoms with Crippen molar-refractivity contribution in [2.24, 2.45) is 17.1 Å². The molecule has 0 saturated carbocycles. The molecule has 120 valence electrons. The van der Waals surface area contributed by atoms with E-state index in [1.807, 2.05) is 27.7 Å². The van der Waals surface area contributed by atoms with E-state index < -0.39 is 9.84 Å². The summed E-state index contributed by atoms with van der Waals surface area (Å²) in [4.78, 5) is 13.7. The molecule has 1 saturated heterocycles. The lowest BCUT2D eigenvalue weighted by Crippen LogP contribution is -2.55. The molecule has 0 bridgehead atoms. The summed E-state index contributed by atoms with van der Waals surface area (Å²) in [5, 5.41) is 0. The van der Waals surface area contributed by atoms with Crippen LogP contribution < -0.4 is 5.73 Å². The maximum absolute atomic E-state index is 12.1. The molecule has 0 radical (unpaired) electrons. The molecule has 1 unspecified atom stereocenters. The van der Waals surface area contributed by atoms with Gasteiger partial charge in [-0.25, -0.2) is 8.42 Å². The summed E-state index contributed by atoms with van der Waals surface area (Å²) in [5.74, 6) is -0.559. The van der Waals surface area contributed by atoms with Gasteiger partial charge >= 0.3 is 0 Å². The van der Waals surface area contributed by atoms with Gasteiger partial charge in [0.25, 0.3) is 0 Å². The van der Waals surface area contributed by atoms with Gasteiger partial charge in [-0.1, -0.05) is 27.7 Å². The number of hydrogen-bond donors (Lipinski definition) is 1. The van der Waals surface area contributed by atoms with E-state index in [0.29, 0.717) is 13.1 Å². The maximum atomic E-state index is 12.1. The van der Waals surface area contributed by atoms with E-state index in [1.165, 1.54) is 0 Å². The van der Waals surface area contributed by atoms with E-state index in [1.54, 1.807) is 4.90 Å². The van der Waals surface area contributed by atoms with Gasteiger partial charge in [0.15, 0.2) is 9.84 Å². The van der Waals surface area contributed by atoms with E-state index in [0.717, 1.165) is 6.42 Å². The second kappa shape index (κ2) is 7.09. The highest BCUT2D eigenvalue weighted by Crippen LogP contribution is 2.27. The van der Waals surface area contributed by atoms with Gasteiger partial charge in [-0.05, 0) is 17.8 Å². The van der Waals surface area contributed by atoms with Crippen molar-refractivity contribution < 1.29 is 13.2 Å². The van der Waals surface area contributed by atoms with Gasteiger partial charge in [-0.2, -0.15) is 0 Å². The molecule has 2 N–H and O–H groups in total. The first kappa shape index (κ1) is 19.7. The lowest BCUT2D eigenvalue weighted by atomic mass is 9.80. The fraction of sp³-hybridized carbons (Fsp3) is 0.923. The highest BCUT2D eigenvalue weighted by molar-refractivity contribution is 7.92. The number of carbonyl (C=O) groups is 1. The average molecular weight is 327 g/mol. The molecular weight excluding hydrogens is 300 g/mol. The molecule has 0 aliphatic carbocycles. The summed E-state index contributed by atoms with van der Waals surface area (Å²) in [6.45, 7) is 8.79. The normalized spacial score (nSPS) is 22.5. The molecule has 1 atom stereocenters. The van der Waals surface area contributed by atoms with Crippen LogP contribution in [0.25, 0.3) is 0 Å². The van der Waals surface area contributed by atoms with Crippen molar-refractivity contribution in [3.05, 3.63) is 0 Å². The Morgan fingerprint density at radius 1 is 1.40 bits per heavy atom. The standard InChI is InChI=1S/C13H26N2O3S.ClH/c1-10(2)7-19(17,18)8-12(16)15-6-5-11(14)13(3,4)9-15;/h10-11H,5-9,14H2,1-4H3;1H. The largest absolute Gasteiger partial charge is 0.341 e. The van der Waals surface area contributed by atoms with Gasteiger partial charge in [0.05, 0.1) is 5.75 Å². The second-order valence-electron chi connectivity index (χ2n) is 6.65. The van der Waals surface area contributed by atoms with Crippen molar-refractivity contribution in [1.82, 2.24) is 4.90 Å². The molecule has 0 aromatic heterocycles. The number of carbonyl (C=O) groups excluding carboxylic acids is 1. The fourth-order valence-corrected chi connectivity index (χ4v) is 4.13. The van der Waals surface area contributed by atoms with Crippen LogP contribution in [0.2, 0.25) is 0 Å². The Hall–Kier alpha value is -0.330. The second-order valence-corrected chi connectivity index (χ2v) is 8.76. The molecule has 0 aromatic carbocycles. The van der Waals surface area contributed by atoms with Crippen molar-refractivity contribution in [2.75, 3.05) is 24.6 Å². The van der Waals surface area contributed by atoms with Crippen molar-refractivity contribution in [3.8, 4) is 0 Å². The summed E-state index contributed by atoms with van der Waals surface area (Å²) in [6, 6.07) is 0.0591. The Labute approximate surface area is 128 Å². The Morgan fingerprint density at radius 3 is 2.40 bits per heavy atom. The number of piperidine rings is 1. The predicted molar refractivity (Wildman–Crippen MR) is 83.7 cm³/mol. The van der Waals surface area contributed by atoms with Crippen LogP contribution in [0.1, 0.15) is 34.1 Å². The first-order valence-corrected chi connectivity index (χ1v) is 8.59. The van der Waals surface area contributed by atoms with Crippen LogP contribution in [0, 0.1) is 11.3 Å². The maximum Gasteiger partial charge on any atom is 0.237 e. The van der Waals surface area contributed by atoms with Crippen molar-refractivity contribution in [3.63, 3.8) is 0 Å². The molecule has 1 fully saturated rings. The molecule has 7 heteroatoms. The number of nitrogens with zero attached hydrogens (tertiary/aromatic N) is 1. The minimum Gasteiger partial charge on any atom is -0.341 e. The van der Waals surface area contributed by atoms with Crippen molar-refractivity contribution in [2.45, 2.75) is 40.2 Å². The summed E-state index contributed by atoms with van der Waals surface area (Å²) in [6.07, 6.45) is 0.725. The topological polar surface area (TPSA) is 80.5 Å². The first-order chi connectivity index (χ1) is 8.53. The Bertz CT molecular complexity index is 435. The SMILES string of the molecule is CC(C)CS(=O)(=O)CC(=O)N1CCC(N)C(C)(C)C1.Cl. The third-order valence-corrected chi connectivity index (χ3v) is 5.46. The Balaban J connectivity index is 0.00000361. The molecule has 1 amide bonds. The molecule has 0 spiro atoms. The molecule has 1 heterocycles. The summed E-state index contributed by atoms with van der Waals surface area (Å²) in [5.41, 5.74) is 5.85. The zero-order valence-corrected chi connectivity index (χ0v) is 14.4. The monoisotopic (exact) mass is 326 g/mol. The number of halogens is 1. The lowest BCUT2D eigenvalue weighted by Gasteiger charge is -2.42. The van der Waals surface area contributed by atoms with Gasteiger partial charge in [-0.3, -0.25) is 4.79 Å². The number of nitrogens with two attached hydrogens (primary N) is 1. The third-order valence-electron chi connectivity index (χ3n) is 3.60. The van der Waals surface area contributed by atoms with E-state index in [-0.39, 0.29) is 47.2 Å². The molecule has 1 rings (SSSR count). The minimum atomic E-state index is -3.30. The van der Waals surface area contributed by atoms with Crippen LogP contribution >= 0.6 is 12.4 Å². The van der Waals surface area contributed by atoms with Gasteiger partial charge in [0, 0.05) is 19.1 Å². The van der Waals surface area contributed by atoms with E-state index in [2.05, 4.69) is 0 Å². The van der Waals surface area contributed by atoms with Crippen LogP contribution in [-0.2, 0) is 14.6 Å². The Kier molecular flexibility index (Phi) is 6.97. The summed E-state index contributed by atoms with van der Waals surface area (Å²) >= 11 is 0. The summed E-state index contributed by atoms with van der Waals surface area (Å²) < 4.78 is 23.7. The molecule has 20 heavy (non-hydrogen) atoms. The molecule has 0 aromatic rings. The minimum absolute atomic E-state index is 0. The highest BCUT2D eigenvalue weighted by Gasteiger charge is 2.36. The van der Waals surface area contributed by atoms with Crippen molar-refractivity contribution in [1.29, 1.82) is 0 Å². The summed E-state index contributed by atoms with van der Waals surface area (Å²) in [7, 11) is -3.30. The van der Waals surface area contributed by atoms with Gasteiger partial charge in [0.1, 0.15) is 5.75 Å². The van der Waals surface area contributed by atoms with Crippen LogP contribution in [-0.4, -0.2) is 49.9 Å². The van der Waals surface area contributed by atoms with Gasteiger partial charge in [-0.15, -0.1) is 12.4 Å². The van der Waals surface area contributed by atoms with E-state index in [4.69, 9.17) is 5.73 Å². The molecule has 5 nitrogen and oxygen atoms in total. The average Bonchev–Trinajstić information content (AvgIpc) is 2.18.